The smallest absolute Gasteiger partial charge is 0.341 e. The molecule has 0 saturated heterocycles. The lowest BCUT2D eigenvalue weighted by molar-refractivity contribution is -0.165. The summed E-state index contributed by atoms with van der Waals surface area (Å²) in [6, 6.07) is 3.84. The molecule has 0 aliphatic heterocycles. The third kappa shape index (κ3) is 4.46. The van der Waals surface area contributed by atoms with Crippen LogP contribution in [-0.2, 0) is 4.79 Å². The Morgan fingerprint density at radius 3 is 2.23 bits per heavy atom. The lowest BCUT2D eigenvalue weighted by Gasteiger charge is -2.28. The predicted octanol–water partition coefficient (Wildman–Crippen LogP) is 3.69. The molecule has 0 spiro atoms. The number of halogens is 4. The molecule has 3 N–H and O–H groups in total. The predicted molar refractivity (Wildman–Crippen MR) is 81.0 cm³/mol. The molecule has 1 saturated carbocycles. The molecule has 0 radical (unpaired) electrons. The minimum atomic E-state index is -4.53. The van der Waals surface area contributed by atoms with Gasteiger partial charge in [-0.1, -0.05) is 28.1 Å². The van der Waals surface area contributed by atoms with Crippen molar-refractivity contribution in [3.63, 3.8) is 0 Å². The topological polar surface area (TPSA) is 55.1 Å². The van der Waals surface area contributed by atoms with Gasteiger partial charge in [0.25, 0.3) is 0 Å². The van der Waals surface area contributed by atoms with Crippen molar-refractivity contribution in [2.45, 2.75) is 43.9 Å². The highest BCUT2D eigenvalue weighted by molar-refractivity contribution is 9.10. The van der Waals surface area contributed by atoms with Crippen LogP contribution in [-0.4, -0.2) is 18.1 Å². The van der Waals surface area contributed by atoms with Gasteiger partial charge >= 0.3 is 6.18 Å². The quantitative estimate of drug-likeness (QED) is 0.842. The largest absolute Gasteiger partial charge is 0.412 e. The maximum Gasteiger partial charge on any atom is 0.412 e. The highest BCUT2D eigenvalue weighted by Gasteiger charge is 2.42. The number of hydrogen-bond acceptors (Lipinski definition) is 2. The van der Waals surface area contributed by atoms with E-state index >= 15 is 0 Å². The molecule has 1 amide bonds. The molecule has 0 heterocycles. The number of amides is 1. The molecule has 1 aromatic carbocycles. The molecule has 0 aromatic heterocycles. The van der Waals surface area contributed by atoms with Crippen molar-refractivity contribution in [2.75, 3.05) is 0 Å². The molecular weight excluding hydrogens is 361 g/mol. The van der Waals surface area contributed by atoms with Gasteiger partial charge in [-0.3, -0.25) is 4.79 Å². The van der Waals surface area contributed by atoms with E-state index in [0.717, 1.165) is 0 Å². The van der Waals surface area contributed by atoms with E-state index in [1.165, 1.54) is 24.3 Å². The first-order chi connectivity index (χ1) is 10.3. The fourth-order valence-electron chi connectivity index (χ4n) is 2.65. The van der Waals surface area contributed by atoms with E-state index in [1.807, 2.05) is 0 Å². The first-order valence-electron chi connectivity index (χ1n) is 7.15. The molecule has 1 aromatic rings. The number of hydrogen-bond donors (Lipinski definition) is 2. The number of nitrogens with one attached hydrogen (secondary N) is 1. The second-order valence-electron chi connectivity index (χ2n) is 5.65. The lowest BCUT2D eigenvalue weighted by Crippen LogP contribution is -2.42. The summed E-state index contributed by atoms with van der Waals surface area (Å²) in [6.07, 6.45) is -2.11. The van der Waals surface area contributed by atoms with E-state index < -0.39 is 18.1 Å². The van der Waals surface area contributed by atoms with Gasteiger partial charge in [-0.2, -0.15) is 13.2 Å². The van der Waals surface area contributed by atoms with Gasteiger partial charge in [-0.15, -0.1) is 0 Å². The second kappa shape index (κ2) is 7.00. The zero-order valence-electron chi connectivity index (χ0n) is 11.9. The molecular formula is C15H18BrF3N2O. The molecule has 3 nitrogen and oxygen atoms in total. The minimum Gasteiger partial charge on any atom is -0.341 e. The molecule has 7 heteroatoms. The van der Waals surface area contributed by atoms with Crippen LogP contribution in [0.25, 0.3) is 0 Å². The molecule has 1 fully saturated rings. The van der Waals surface area contributed by atoms with Crippen LogP contribution in [0.4, 0.5) is 13.2 Å². The van der Waals surface area contributed by atoms with Gasteiger partial charge in [0.05, 0.1) is 0 Å². The van der Waals surface area contributed by atoms with Crippen molar-refractivity contribution in [1.82, 2.24) is 5.32 Å². The van der Waals surface area contributed by atoms with E-state index in [-0.39, 0.29) is 17.5 Å². The van der Waals surface area contributed by atoms with Crippen molar-refractivity contribution in [1.29, 1.82) is 0 Å². The number of carbonyl (C=O) groups excluding carboxylic acids is 1. The van der Waals surface area contributed by atoms with E-state index in [1.54, 1.807) is 0 Å². The number of benzene rings is 1. The zero-order chi connectivity index (χ0) is 16.3. The Balaban J connectivity index is 2.10. The summed E-state index contributed by atoms with van der Waals surface area (Å²) in [7, 11) is 0. The molecule has 1 aliphatic carbocycles. The highest BCUT2D eigenvalue weighted by atomic mass is 79.9. The molecule has 122 valence electrons. The standard InChI is InChI=1S/C15H18BrF3N2O/c16-11-5-1-9(2-6-11)13(15(17,18)19)21-14(22)10-3-7-12(20)8-4-10/h1-2,5-6,10,12-13H,3-4,7-8,20H2,(H,21,22). The van der Waals surface area contributed by atoms with E-state index in [4.69, 9.17) is 5.73 Å². The monoisotopic (exact) mass is 378 g/mol. The van der Waals surface area contributed by atoms with Gasteiger partial charge < -0.3 is 11.1 Å². The number of nitrogens with two attached hydrogens (primary N) is 1. The summed E-state index contributed by atoms with van der Waals surface area (Å²) in [5.74, 6) is -0.933. The van der Waals surface area contributed by atoms with Gasteiger partial charge in [-0.25, -0.2) is 0 Å². The van der Waals surface area contributed by atoms with Crippen molar-refractivity contribution in [3.8, 4) is 0 Å². The molecule has 0 bridgehead atoms. The van der Waals surface area contributed by atoms with Crippen LogP contribution < -0.4 is 11.1 Å². The fraction of sp³-hybridized carbons (Fsp3) is 0.533. The average molecular weight is 379 g/mol. The molecule has 2 rings (SSSR count). The summed E-state index contributed by atoms with van der Waals surface area (Å²) in [4.78, 5) is 12.1. The number of carbonyl (C=O) groups is 1. The van der Waals surface area contributed by atoms with Gasteiger partial charge in [0.15, 0.2) is 6.04 Å². The molecule has 22 heavy (non-hydrogen) atoms. The average Bonchev–Trinajstić information content (AvgIpc) is 2.45. The van der Waals surface area contributed by atoms with Crippen LogP contribution in [0.15, 0.2) is 28.7 Å². The van der Waals surface area contributed by atoms with Gasteiger partial charge in [0, 0.05) is 16.4 Å². The molecule has 1 aliphatic rings. The molecule has 1 atom stereocenters. The first-order valence-corrected chi connectivity index (χ1v) is 7.95. The van der Waals surface area contributed by atoms with Gasteiger partial charge in [0.1, 0.15) is 0 Å². The number of alkyl halides is 3. The summed E-state index contributed by atoms with van der Waals surface area (Å²) in [6.45, 7) is 0. The Morgan fingerprint density at radius 1 is 1.18 bits per heavy atom. The Bertz CT molecular complexity index is 511. The van der Waals surface area contributed by atoms with Crippen LogP contribution in [0.3, 0.4) is 0 Å². The maximum absolute atomic E-state index is 13.2. The Hall–Kier alpha value is -1.08. The first kappa shape index (κ1) is 17.3. The third-order valence-electron chi connectivity index (χ3n) is 3.96. The van der Waals surface area contributed by atoms with Crippen LogP contribution in [0.1, 0.15) is 37.3 Å². The highest BCUT2D eigenvalue weighted by Crippen LogP contribution is 2.34. The lowest BCUT2D eigenvalue weighted by atomic mass is 9.85. The third-order valence-corrected chi connectivity index (χ3v) is 4.49. The fourth-order valence-corrected chi connectivity index (χ4v) is 2.92. The zero-order valence-corrected chi connectivity index (χ0v) is 13.5. The van der Waals surface area contributed by atoms with Crippen molar-refractivity contribution in [3.05, 3.63) is 34.3 Å². The summed E-state index contributed by atoms with van der Waals surface area (Å²) in [5.41, 5.74) is 5.78. The number of rotatable bonds is 3. The summed E-state index contributed by atoms with van der Waals surface area (Å²) >= 11 is 3.18. The molecule has 1 unspecified atom stereocenters. The summed E-state index contributed by atoms with van der Waals surface area (Å²) in [5, 5.41) is 2.16. The van der Waals surface area contributed by atoms with Gasteiger partial charge in [0.2, 0.25) is 5.91 Å². The Kier molecular flexibility index (Phi) is 5.50. The summed E-state index contributed by atoms with van der Waals surface area (Å²) < 4.78 is 40.4. The van der Waals surface area contributed by atoms with E-state index in [0.29, 0.717) is 30.2 Å². The minimum absolute atomic E-state index is 0.0246. The van der Waals surface area contributed by atoms with E-state index in [9.17, 15) is 18.0 Å². The van der Waals surface area contributed by atoms with Crippen LogP contribution in [0.5, 0.6) is 0 Å². The van der Waals surface area contributed by atoms with Crippen molar-refractivity contribution >= 4 is 21.8 Å². The van der Waals surface area contributed by atoms with Crippen molar-refractivity contribution < 1.29 is 18.0 Å². The van der Waals surface area contributed by atoms with Crippen LogP contribution in [0.2, 0.25) is 0 Å². The maximum atomic E-state index is 13.2. The SMILES string of the molecule is NC1CCC(C(=O)NC(c2ccc(Br)cc2)C(F)(F)F)CC1. The van der Waals surface area contributed by atoms with Crippen LogP contribution in [0, 0.1) is 5.92 Å². The van der Waals surface area contributed by atoms with Crippen LogP contribution >= 0.6 is 15.9 Å². The second-order valence-corrected chi connectivity index (χ2v) is 6.56. The Morgan fingerprint density at radius 2 is 1.73 bits per heavy atom. The van der Waals surface area contributed by atoms with Gasteiger partial charge in [-0.05, 0) is 43.4 Å². The normalized spacial score (nSPS) is 23.9. The van der Waals surface area contributed by atoms with E-state index in [2.05, 4.69) is 21.2 Å². The Labute approximate surface area is 135 Å². The van der Waals surface area contributed by atoms with Crippen molar-refractivity contribution in [2.24, 2.45) is 11.7 Å².